The fourth-order valence-corrected chi connectivity index (χ4v) is 1.17. The van der Waals surface area contributed by atoms with Crippen molar-refractivity contribution in [1.82, 2.24) is 0 Å². The van der Waals surface area contributed by atoms with E-state index >= 15 is 0 Å². The monoisotopic (exact) mass is 176 g/mol. The first kappa shape index (κ1) is 9.52. The van der Waals surface area contributed by atoms with E-state index in [-0.39, 0.29) is 0 Å². The number of hydrogen-bond acceptors (Lipinski definition) is 1. The molecule has 1 aromatic rings. The highest BCUT2D eigenvalue weighted by Gasteiger charge is 1.94. The van der Waals surface area contributed by atoms with E-state index < -0.39 is 5.97 Å². The van der Waals surface area contributed by atoms with Crippen LogP contribution in [0.3, 0.4) is 0 Å². The lowest BCUT2D eigenvalue weighted by Crippen LogP contribution is -1.87. The highest BCUT2D eigenvalue weighted by atomic mass is 16.4. The quantitative estimate of drug-likeness (QED) is 0.702. The number of rotatable bonds is 2. The summed E-state index contributed by atoms with van der Waals surface area (Å²) in [6, 6.07) is 5.92. The van der Waals surface area contributed by atoms with Crippen molar-refractivity contribution in [2.24, 2.45) is 0 Å². The zero-order valence-corrected chi connectivity index (χ0v) is 7.74. The molecule has 0 unspecified atom stereocenters. The normalized spacial score (nSPS) is 10.6. The summed E-state index contributed by atoms with van der Waals surface area (Å²) in [7, 11) is 0. The molecular weight excluding hydrogens is 164 g/mol. The summed E-state index contributed by atoms with van der Waals surface area (Å²) in [5.74, 6) is -0.917. The highest BCUT2D eigenvalue weighted by molar-refractivity contribution is 5.85. The van der Waals surface area contributed by atoms with Crippen LogP contribution < -0.4 is 0 Å². The summed E-state index contributed by atoms with van der Waals surface area (Å²) in [6.45, 7) is 3.98. The number of hydrogen-bond donors (Lipinski definition) is 1. The maximum absolute atomic E-state index is 10.3. The van der Waals surface area contributed by atoms with Crippen LogP contribution in [-0.2, 0) is 4.79 Å². The lowest BCUT2D eigenvalue weighted by Gasteiger charge is -2.00. The third-order valence-electron chi connectivity index (χ3n) is 1.83. The van der Waals surface area contributed by atoms with Crippen LogP contribution in [0.5, 0.6) is 0 Å². The summed E-state index contributed by atoms with van der Waals surface area (Å²) < 4.78 is 0. The van der Waals surface area contributed by atoms with Gasteiger partial charge in [-0.3, -0.25) is 0 Å². The third-order valence-corrected chi connectivity index (χ3v) is 1.83. The van der Waals surface area contributed by atoms with Crippen LogP contribution in [0, 0.1) is 13.8 Å². The maximum Gasteiger partial charge on any atom is 0.328 e. The first-order valence-corrected chi connectivity index (χ1v) is 4.08. The van der Waals surface area contributed by atoms with Gasteiger partial charge in [-0.2, -0.15) is 0 Å². The molecule has 0 saturated carbocycles. The average Bonchev–Trinajstić information content (AvgIpc) is 2.02. The SMILES string of the molecule is Cc1ccc(/C=C/C(=O)O)c(C)c1. The lowest BCUT2D eigenvalue weighted by molar-refractivity contribution is -0.131. The minimum Gasteiger partial charge on any atom is -0.478 e. The molecule has 2 heteroatoms. The smallest absolute Gasteiger partial charge is 0.328 e. The van der Waals surface area contributed by atoms with Crippen LogP contribution in [-0.4, -0.2) is 11.1 Å². The van der Waals surface area contributed by atoms with Crippen LogP contribution >= 0.6 is 0 Å². The van der Waals surface area contributed by atoms with Gasteiger partial charge in [0, 0.05) is 6.08 Å². The van der Waals surface area contributed by atoms with Gasteiger partial charge in [0.15, 0.2) is 0 Å². The number of carboxylic acid groups (broad SMARTS) is 1. The van der Waals surface area contributed by atoms with Gasteiger partial charge >= 0.3 is 5.97 Å². The number of benzene rings is 1. The van der Waals surface area contributed by atoms with Gasteiger partial charge in [0.1, 0.15) is 0 Å². The molecule has 13 heavy (non-hydrogen) atoms. The lowest BCUT2D eigenvalue weighted by atomic mass is 10.1. The minimum absolute atomic E-state index is 0.917. The second kappa shape index (κ2) is 3.90. The van der Waals surface area contributed by atoms with Crippen molar-refractivity contribution in [2.45, 2.75) is 13.8 Å². The second-order valence-electron chi connectivity index (χ2n) is 3.03. The molecule has 0 bridgehead atoms. The van der Waals surface area contributed by atoms with Crippen molar-refractivity contribution in [3.05, 3.63) is 41.0 Å². The molecule has 0 spiro atoms. The van der Waals surface area contributed by atoms with Gasteiger partial charge in [0.25, 0.3) is 0 Å². The van der Waals surface area contributed by atoms with Gasteiger partial charge in [-0.05, 0) is 31.1 Å². The van der Waals surface area contributed by atoms with Crippen LogP contribution in [0.4, 0.5) is 0 Å². The summed E-state index contributed by atoms with van der Waals surface area (Å²) in [5.41, 5.74) is 3.23. The van der Waals surface area contributed by atoms with E-state index in [1.54, 1.807) is 6.08 Å². The van der Waals surface area contributed by atoms with Gasteiger partial charge < -0.3 is 5.11 Å². The zero-order valence-electron chi connectivity index (χ0n) is 7.74. The molecule has 0 aromatic heterocycles. The Kier molecular flexibility index (Phi) is 2.85. The van der Waals surface area contributed by atoms with Gasteiger partial charge in [-0.1, -0.05) is 23.8 Å². The molecular formula is C11H12O2. The number of aryl methyl sites for hydroxylation is 2. The number of carboxylic acids is 1. The maximum atomic E-state index is 10.3. The summed E-state index contributed by atoms with van der Waals surface area (Å²) in [5, 5.41) is 8.43. The summed E-state index contributed by atoms with van der Waals surface area (Å²) in [6.07, 6.45) is 2.76. The molecule has 0 amide bonds. The van der Waals surface area contributed by atoms with E-state index in [0.717, 1.165) is 17.2 Å². The van der Waals surface area contributed by atoms with E-state index in [4.69, 9.17) is 5.11 Å². The van der Waals surface area contributed by atoms with Crippen LogP contribution in [0.25, 0.3) is 6.08 Å². The number of aliphatic carboxylic acids is 1. The Labute approximate surface area is 77.5 Å². The Bertz CT molecular complexity index is 351. The van der Waals surface area contributed by atoms with Crippen molar-refractivity contribution in [3.8, 4) is 0 Å². The topological polar surface area (TPSA) is 37.3 Å². The van der Waals surface area contributed by atoms with Crippen LogP contribution in [0.2, 0.25) is 0 Å². The zero-order chi connectivity index (χ0) is 9.84. The Morgan fingerprint density at radius 3 is 2.62 bits per heavy atom. The van der Waals surface area contributed by atoms with E-state index in [0.29, 0.717) is 0 Å². The minimum atomic E-state index is -0.917. The molecule has 0 aliphatic heterocycles. The van der Waals surface area contributed by atoms with E-state index in [1.807, 2.05) is 32.0 Å². The fraction of sp³-hybridized carbons (Fsp3) is 0.182. The van der Waals surface area contributed by atoms with Gasteiger partial charge in [-0.25, -0.2) is 4.79 Å². The van der Waals surface area contributed by atoms with Crippen molar-refractivity contribution in [2.75, 3.05) is 0 Å². The first-order chi connectivity index (χ1) is 6.09. The number of carbonyl (C=O) groups is 1. The van der Waals surface area contributed by atoms with E-state index in [1.165, 1.54) is 5.56 Å². The van der Waals surface area contributed by atoms with Crippen molar-refractivity contribution in [1.29, 1.82) is 0 Å². The molecule has 1 rings (SSSR count). The van der Waals surface area contributed by atoms with Gasteiger partial charge in [0.2, 0.25) is 0 Å². The van der Waals surface area contributed by atoms with Crippen molar-refractivity contribution in [3.63, 3.8) is 0 Å². The molecule has 0 saturated heterocycles. The largest absolute Gasteiger partial charge is 0.478 e. The molecule has 1 aromatic carbocycles. The summed E-state index contributed by atoms with van der Waals surface area (Å²) >= 11 is 0. The second-order valence-corrected chi connectivity index (χ2v) is 3.03. The predicted molar refractivity (Wildman–Crippen MR) is 52.6 cm³/mol. The molecule has 0 fully saturated rings. The highest BCUT2D eigenvalue weighted by Crippen LogP contribution is 2.11. The molecule has 68 valence electrons. The van der Waals surface area contributed by atoms with Crippen molar-refractivity contribution < 1.29 is 9.90 Å². The first-order valence-electron chi connectivity index (χ1n) is 4.08. The van der Waals surface area contributed by atoms with E-state index in [2.05, 4.69) is 0 Å². The Morgan fingerprint density at radius 1 is 1.38 bits per heavy atom. The molecule has 0 radical (unpaired) electrons. The molecule has 2 nitrogen and oxygen atoms in total. The van der Waals surface area contributed by atoms with E-state index in [9.17, 15) is 4.79 Å². The molecule has 0 atom stereocenters. The van der Waals surface area contributed by atoms with Gasteiger partial charge in [0.05, 0.1) is 0 Å². The predicted octanol–water partition coefficient (Wildman–Crippen LogP) is 2.40. The molecule has 0 aliphatic carbocycles. The average molecular weight is 176 g/mol. The standard InChI is InChI=1S/C11H12O2/c1-8-3-4-10(9(2)7-8)5-6-11(12)13/h3-7H,1-2H3,(H,12,13)/b6-5+. The summed E-state index contributed by atoms with van der Waals surface area (Å²) in [4.78, 5) is 10.3. The fourth-order valence-electron chi connectivity index (χ4n) is 1.17. The molecule has 0 aliphatic rings. The Hall–Kier alpha value is -1.57. The molecule has 1 N–H and O–H groups in total. The Balaban J connectivity index is 2.96. The van der Waals surface area contributed by atoms with Crippen LogP contribution in [0.1, 0.15) is 16.7 Å². The van der Waals surface area contributed by atoms with Crippen molar-refractivity contribution >= 4 is 12.0 Å². The molecule has 0 heterocycles. The third kappa shape index (κ3) is 2.75. The van der Waals surface area contributed by atoms with Crippen LogP contribution in [0.15, 0.2) is 24.3 Å². The van der Waals surface area contributed by atoms with Gasteiger partial charge in [-0.15, -0.1) is 0 Å². The Morgan fingerprint density at radius 2 is 2.08 bits per heavy atom.